The van der Waals surface area contributed by atoms with Gasteiger partial charge in [-0.1, -0.05) is 37.6 Å². The highest BCUT2D eigenvalue weighted by Crippen LogP contribution is 2.36. The monoisotopic (exact) mass is 525 g/mol. The fraction of sp³-hybridized carbons (Fsp3) is 0.308. The van der Waals surface area contributed by atoms with Crippen molar-refractivity contribution in [1.82, 2.24) is 20.0 Å². The first-order valence-corrected chi connectivity index (χ1v) is 12.1. The number of para-hydroxylation sites is 1. The second-order valence-electron chi connectivity index (χ2n) is 9.09. The standard InChI is InChI=1S/C26H32ClN7O3/c1-4-37-24-17(8-6-9-18(24)27)20-13-21(33-25(29)32-20)19(28)15-34(30)14-16-7-5-10-22(31-16)26(2,3)12-11-23(35)36/h5-10,13,15H,4,11-12,14,28,30H2,1-3H3,(H,35,36)(H2,29,32,33)/b19-15-. The fourth-order valence-corrected chi connectivity index (χ4v) is 3.95. The second-order valence-corrected chi connectivity index (χ2v) is 9.50. The maximum atomic E-state index is 11.0. The minimum absolute atomic E-state index is 0.0350. The Morgan fingerprint density at radius 3 is 2.62 bits per heavy atom. The van der Waals surface area contributed by atoms with Crippen LogP contribution in [-0.4, -0.2) is 37.6 Å². The van der Waals surface area contributed by atoms with Crippen LogP contribution in [0, 0.1) is 0 Å². The van der Waals surface area contributed by atoms with E-state index < -0.39 is 11.4 Å². The molecule has 10 nitrogen and oxygen atoms in total. The largest absolute Gasteiger partial charge is 0.492 e. The van der Waals surface area contributed by atoms with Crippen LogP contribution in [0.4, 0.5) is 5.95 Å². The molecule has 37 heavy (non-hydrogen) atoms. The lowest BCUT2D eigenvalue weighted by Crippen LogP contribution is -2.27. The summed E-state index contributed by atoms with van der Waals surface area (Å²) in [5, 5.41) is 10.9. The predicted octanol–water partition coefficient (Wildman–Crippen LogP) is 3.95. The van der Waals surface area contributed by atoms with Gasteiger partial charge in [-0.15, -0.1) is 0 Å². The Bertz CT molecular complexity index is 1300. The van der Waals surface area contributed by atoms with Gasteiger partial charge in [0.2, 0.25) is 5.95 Å². The van der Waals surface area contributed by atoms with E-state index in [1.807, 2.05) is 45.0 Å². The molecule has 0 amide bonds. The highest BCUT2D eigenvalue weighted by atomic mass is 35.5. The Morgan fingerprint density at radius 1 is 1.19 bits per heavy atom. The lowest BCUT2D eigenvalue weighted by Gasteiger charge is -2.24. The summed E-state index contributed by atoms with van der Waals surface area (Å²) >= 11 is 6.33. The predicted molar refractivity (Wildman–Crippen MR) is 144 cm³/mol. The van der Waals surface area contributed by atoms with Gasteiger partial charge in [-0.05, 0) is 43.7 Å². The SMILES string of the molecule is CCOc1c(Cl)cccc1-c1cc(/C(N)=C/N(N)Cc2cccc(C(C)(C)CCC(=O)O)n2)nc(N)n1. The van der Waals surface area contributed by atoms with Crippen molar-refractivity contribution in [3.8, 4) is 17.0 Å². The molecule has 0 aliphatic carbocycles. The van der Waals surface area contributed by atoms with E-state index in [9.17, 15) is 4.79 Å². The Balaban J connectivity index is 1.83. The van der Waals surface area contributed by atoms with Gasteiger partial charge in [0.15, 0.2) is 0 Å². The van der Waals surface area contributed by atoms with Crippen molar-refractivity contribution in [3.63, 3.8) is 0 Å². The normalized spacial score (nSPS) is 11.9. The Morgan fingerprint density at radius 2 is 1.92 bits per heavy atom. The van der Waals surface area contributed by atoms with Gasteiger partial charge in [-0.3, -0.25) is 9.78 Å². The van der Waals surface area contributed by atoms with Gasteiger partial charge in [0, 0.05) is 29.3 Å². The van der Waals surface area contributed by atoms with E-state index in [1.54, 1.807) is 18.2 Å². The highest BCUT2D eigenvalue weighted by molar-refractivity contribution is 6.32. The third-order valence-corrected chi connectivity index (χ3v) is 5.98. The van der Waals surface area contributed by atoms with E-state index >= 15 is 0 Å². The molecular formula is C26H32ClN7O3. The van der Waals surface area contributed by atoms with E-state index in [0.717, 1.165) is 5.69 Å². The van der Waals surface area contributed by atoms with E-state index in [0.29, 0.717) is 46.4 Å². The molecule has 0 unspecified atom stereocenters. The molecule has 2 heterocycles. The summed E-state index contributed by atoms with van der Waals surface area (Å²) in [7, 11) is 0. The number of rotatable bonds is 11. The third-order valence-electron chi connectivity index (χ3n) is 5.68. The van der Waals surface area contributed by atoms with Crippen LogP contribution in [0.15, 0.2) is 48.7 Å². The number of hydrazine groups is 1. The van der Waals surface area contributed by atoms with Crippen molar-refractivity contribution in [2.75, 3.05) is 12.3 Å². The minimum Gasteiger partial charge on any atom is -0.492 e. The quantitative estimate of drug-likeness (QED) is 0.212. The average Bonchev–Trinajstić information content (AvgIpc) is 2.84. The van der Waals surface area contributed by atoms with Crippen molar-refractivity contribution in [2.24, 2.45) is 11.6 Å². The van der Waals surface area contributed by atoms with Gasteiger partial charge in [0.25, 0.3) is 0 Å². The zero-order chi connectivity index (χ0) is 27.2. The van der Waals surface area contributed by atoms with Crippen LogP contribution in [-0.2, 0) is 16.8 Å². The van der Waals surface area contributed by atoms with Crippen LogP contribution in [0.5, 0.6) is 5.75 Å². The number of anilines is 1. The van der Waals surface area contributed by atoms with Crippen molar-refractivity contribution < 1.29 is 14.6 Å². The Labute approximate surface area is 221 Å². The molecule has 1 aromatic carbocycles. The molecular weight excluding hydrogens is 494 g/mol. The van der Waals surface area contributed by atoms with Gasteiger partial charge < -0.3 is 26.3 Å². The summed E-state index contributed by atoms with van der Waals surface area (Å²) in [6.07, 6.45) is 2.07. The number of ether oxygens (including phenoxy) is 1. The zero-order valence-electron chi connectivity index (χ0n) is 21.1. The third kappa shape index (κ3) is 7.31. The molecule has 0 saturated carbocycles. The zero-order valence-corrected chi connectivity index (χ0v) is 21.9. The Kier molecular flexibility index (Phi) is 8.90. The maximum absolute atomic E-state index is 11.0. The van der Waals surface area contributed by atoms with E-state index in [-0.39, 0.29) is 24.6 Å². The van der Waals surface area contributed by atoms with Gasteiger partial charge in [-0.25, -0.2) is 15.8 Å². The summed E-state index contributed by atoms with van der Waals surface area (Å²) in [4.78, 5) is 24.3. The van der Waals surface area contributed by atoms with Crippen LogP contribution < -0.4 is 22.0 Å². The topological polar surface area (TPSA) is 166 Å². The molecule has 0 bridgehead atoms. The number of aliphatic carboxylic acids is 1. The molecule has 0 atom stereocenters. The highest BCUT2D eigenvalue weighted by Gasteiger charge is 2.23. The Hall–Kier alpha value is -3.89. The van der Waals surface area contributed by atoms with Crippen LogP contribution in [0.3, 0.4) is 0 Å². The van der Waals surface area contributed by atoms with Crippen LogP contribution in [0.1, 0.15) is 50.7 Å². The number of nitrogen functional groups attached to an aromatic ring is 1. The maximum Gasteiger partial charge on any atom is 0.303 e. The van der Waals surface area contributed by atoms with Crippen LogP contribution in [0.25, 0.3) is 17.0 Å². The molecule has 0 spiro atoms. The number of carboxylic acids is 1. The molecule has 0 aliphatic rings. The molecule has 3 aromatic rings. The van der Waals surface area contributed by atoms with Crippen LogP contribution in [0.2, 0.25) is 5.02 Å². The number of pyridine rings is 1. The van der Waals surface area contributed by atoms with Gasteiger partial charge in [0.1, 0.15) is 5.75 Å². The summed E-state index contributed by atoms with van der Waals surface area (Å²) in [6, 6.07) is 12.6. The molecule has 0 saturated heterocycles. The number of nitrogens with zero attached hydrogens (tertiary/aromatic N) is 4. The van der Waals surface area contributed by atoms with E-state index in [4.69, 9.17) is 38.8 Å². The fourth-order valence-electron chi connectivity index (χ4n) is 3.72. The first-order chi connectivity index (χ1) is 17.5. The van der Waals surface area contributed by atoms with Crippen molar-refractivity contribution in [1.29, 1.82) is 0 Å². The lowest BCUT2D eigenvalue weighted by atomic mass is 9.84. The van der Waals surface area contributed by atoms with Crippen molar-refractivity contribution in [3.05, 3.63) is 70.8 Å². The van der Waals surface area contributed by atoms with Crippen molar-refractivity contribution in [2.45, 2.75) is 45.6 Å². The molecule has 7 N–H and O–H groups in total. The average molecular weight is 526 g/mol. The van der Waals surface area contributed by atoms with Gasteiger partial charge >= 0.3 is 5.97 Å². The lowest BCUT2D eigenvalue weighted by molar-refractivity contribution is -0.137. The molecule has 2 aromatic heterocycles. The summed E-state index contributed by atoms with van der Waals surface area (Å²) in [5.41, 5.74) is 15.2. The number of carbonyl (C=O) groups is 1. The van der Waals surface area contributed by atoms with E-state index in [1.165, 1.54) is 11.2 Å². The number of hydrogen-bond donors (Lipinski definition) is 4. The number of nitrogens with two attached hydrogens (primary N) is 3. The smallest absolute Gasteiger partial charge is 0.303 e. The molecule has 11 heteroatoms. The molecule has 0 fully saturated rings. The van der Waals surface area contributed by atoms with Crippen LogP contribution >= 0.6 is 11.6 Å². The van der Waals surface area contributed by atoms with Gasteiger partial charge in [-0.2, -0.15) is 0 Å². The second kappa shape index (κ2) is 11.9. The number of hydrogen-bond acceptors (Lipinski definition) is 9. The molecule has 196 valence electrons. The first-order valence-electron chi connectivity index (χ1n) is 11.7. The minimum atomic E-state index is -0.837. The number of aromatic nitrogens is 3. The summed E-state index contributed by atoms with van der Waals surface area (Å²) in [6.45, 7) is 6.49. The summed E-state index contributed by atoms with van der Waals surface area (Å²) < 4.78 is 5.71. The van der Waals surface area contributed by atoms with E-state index in [2.05, 4.69) is 15.0 Å². The number of benzene rings is 1. The van der Waals surface area contributed by atoms with Gasteiger partial charge in [0.05, 0.1) is 41.0 Å². The number of carboxylic acid groups (broad SMARTS) is 1. The molecule has 3 rings (SSSR count). The number of halogens is 1. The first kappa shape index (κ1) is 27.7. The molecule has 0 aliphatic heterocycles. The molecule has 0 radical (unpaired) electrons. The summed E-state index contributed by atoms with van der Waals surface area (Å²) in [5.74, 6) is 5.91. The van der Waals surface area contributed by atoms with Crippen molar-refractivity contribution >= 4 is 29.2 Å².